The van der Waals surface area contributed by atoms with Crippen LogP contribution >= 0.6 is 24.0 Å². The van der Waals surface area contributed by atoms with Gasteiger partial charge in [0.05, 0.1) is 16.7 Å². The Kier molecular flexibility index (Phi) is 8.10. The summed E-state index contributed by atoms with van der Waals surface area (Å²) >= 11 is 5.93. The molecule has 7 heteroatoms. The van der Waals surface area contributed by atoms with Crippen LogP contribution < -0.4 is 5.73 Å². The minimum absolute atomic E-state index is 0. The lowest BCUT2D eigenvalue weighted by Crippen LogP contribution is -2.41. The Morgan fingerprint density at radius 2 is 2.09 bits per heavy atom. The first-order valence-corrected chi connectivity index (χ1v) is 7.55. The van der Waals surface area contributed by atoms with Gasteiger partial charge in [-0.3, -0.25) is 4.79 Å². The molecule has 1 fully saturated rings. The van der Waals surface area contributed by atoms with E-state index >= 15 is 0 Å². The maximum Gasteiger partial charge on any atom is 0.255 e. The van der Waals surface area contributed by atoms with Crippen molar-refractivity contribution in [2.24, 2.45) is 5.73 Å². The van der Waals surface area contributed by atoms with E-state index in [-0.39, 0.29) is 29.4 Å². The third-order valence-corrected chi connectivity index (χ3v) is 3.91. The highest BCUT2D eigenvalue weighted by atomic mass is 35.5. The number of carbonyl (C=O) groups is 1. The van der Waals surface area contributed by atoms with Crippen LogP contribution in [0.1, 0.15) is 29.6 Å². The smallest absolute Gasteiger partial charge is 0.255 e. The lowest BCUT2D eigenvalue weighted by atomic mass is 10.1. The minimum Gasteiger partial charge on any atom is -0.378 e. The van der Waals surface area contributed by atoms with Crippen LogP contribution in [0, 0.1) is 5.82 Å². The van der Waals surface area contributed by atoms with Crippen molar-refractivity contribution in [3.8, 4) is 0 Å². The average molecular weight is 351 g/mol. The van der Waals surface area contributed by atoms with Gasteiger partial charge in [0.2, 0.25) is 0 Å². The zero-order valence-corrected chi connectivity index (χ0v) is 13.8. The molecule has 1 aromatic carbocycles. The van der Waals surface area contributed by atoms with Gasteiger partial charge in [0, 0.05) is 19.7 Å². The molecule has 4 nitrogen and oxygen atoms in total. The number of nitrogens with zero attached hydrogens (tertiary/aromatic N) is 1. The zero-order valence-electron chi connectivity index (χ0n) is 12.3. The molecular formula is C15H21Cl2FN2O2. The van der Waals surface area contributed by atoms with Crippen LogP contribution in [0.25, 0.3) is 0 Å². The molecule has 1 heterocycles. The Morgan fingerprint density at radius 3 is 2.68 bits per heavy atom. The van der Waals surface area contributed by atoms with Crippen LogP contribution in [0.2, 0.25) is 5.02 Å². The van der Waals surface area contributed by atoms with E-state index in [4.69, 9.17) is 22.1 Å². The van der Waals surface area contributed by atoms with Crippen molar-refractivity contribution >= 4 is 29.9 Å². The maximum atomic E-state index is 13.0. The molecule has 0 radical (unpaired) electrons. The van der Waals surface area contributed by atoms with E-state index in [1.165, 1.54) is 12.1 Å². The lowest BCUT2D eigenvalue weighted by molar-refractivity contribution is 0.00845. The number of carbonyl (C=O) groups excluding carboxylic acids is 1. The number of amides is 1. The summed E-state index contributed by atoms with van der Waals surface area (Å²) in [6.07, 6.45) is 2.64. The number of benzene rings is 1. The Bertz CT molecular complexity index is 494. The molecule has 2 rings (SSSR count). The van der Waals surface area contributed by atoms with Crippen molar-refractivity contribution in [2.45, 2.75) is 25.4 Å². The highest BCUT2D eigenvalue weighted by molar-refractivity contribution is 6.33. The second kappa shape index (κ2) is 9.30. The standard InChI is InChI=1S/C15H20ClFN2O2.ClH/c16-14-10-11(17)2-3-13(14)15(20)19-7-4-12(5-8-19)21-9-1-6-18;/h2-3,10,12H,1,4-9,18H2;1H. The second-order valence-corrected chi connectivity index (χ2v) is 5.54. The first-order chi connectivity index (χ1) is 10.1. The van der Waals surface area contributed by atoms with Gasteiger partial charge >= 0.3 is 0 Å². The molecule has 0 atom stereocenters. The Balaban J connectivity index is 0.00000242. The van der Waals surface area contributed by atoms with E-state index < -0.39 is 5.82 Å². The van der Waals surface area contributed by atoms with Crippen LogP contribution in [0.15, 0.2) is 18.2 Å². The molecule has 0 bridgehead atoms. The Morgan fingerprint density at radius 1 is 1.41 bits per heavy atom. The fourth-order valence-electron chi connectivity index (χ4n) is 2.39. The topological polar surface area (TPSA) is 55.6 Å². The average Bonchev–Trinajstić information content (AvgIpc) is 2.48. The van der Waals surface area contributed by atoms with Gasteiger partial charge in [0.15, 0.2) is 0 Å². The van der Waals surface area contributed by atoms with Gasteiger partial charge in [-0.1, -0.05) is 11.6 Å². The van der Waals surface area contributed by atoms with E-state index in [0.29, 0.717) is 31.8 Å². The predicted molar refractivity (Wildman–Crippen MR) is 87.2 cm³/mol. The molecular weight excluding hydrogens is 330 g/mol. The molecule has 0 aliphatic carbocycles. The number of nitrogens with two attached hydrogens (primary N) is 1. The van der Waals surface area contributed by atoms with E-state index in [1.807, 2.05) is 0 Å². The lowest BCUT2D eigenvalue weighted by Gasteiger charge is -2.32. The van der Waals surface area contributed by atoms with Gasteiger partial charge < -0.3 is 15.4 Å². The quantitative estimate of drug-likeness (QED) is 0.830. The van der Waals surface area contributed by atoms with Crippen molar-refractivity contribution in [2.75, 3.05) is 26.2 Å². The molecule has 0 spiro atoms. The number of rotatable bonds is 5. The molecule has 1 aliphatic rings. The maximum absolute atomic E-state index is 13.0. The summed E-state index contributed by atoms with van der Waals surface area (Å²) in [4.78, 5) is 14.1. The molecule has 1 aliphatic heterocycles. The minimum atomic E-state index is -0.441. The fourth-order valence-corrected chi connectivity index (χ4v) is 2.64. The summed E-state index contributed by atoms with van der Waals surface area (Å²) in [5, 5.41) is 0.154. The Hall–Kier alpha value is -0.880. The van der Waals surface area contributed by atoms with E-state index in [1.54, 1.807) is 4.90 Å². The Labute approximate surface area is 141 Å². The SMILES string of the molecule is Cl.NCCCOC1CCN(C(=O)c2ccc(F)cc2Cl)CC1. The number of hydrogen-bond donors (Lipinski definition) is 1. The normalized spacial score (nSPS) is 15.5. The van der Waals surface area contributed by atoms with Crippen molar-refractivity contribution in [3.63, 3.8) is 0 Å². The molecule has 1 aromatic rings. The molecule has 1 amide bonds. The predicted octanol–water partition coefficient (Wildman–Crippen LogP) is 2.87. The summed E-state index contributed by atoms with van der Waals surface area (Å²) in [7, 11) is 0. The first kappa shape index (κ1) is 19.2. The van der Waals surface area contributed by atoms with E-state index in [2.05, 4.69) is 0 Å². The van der Waals surface area contributed by atoms with Crippen molar-refractivity contribution in [1.82, 2.24) is 4.90 Å². The van der Waals surface area contributed by atoms with Crippen LogP contribution in [0.3, 0.4) is 0 Å². The van der Waals surface area contributed by atoms with Gasteiger partial charge in [-0.05, 0) is 44.0 Å². The van der Waals surface area contributed by atoms with Crippen LogP contribution in [-0.4, -0.2) is 43.2 Å². The van der Waals surface area contributed by atoms with E-state index in [0.717, 1.165) is 25.3 Å². The van der Waals surface area contributed by atoms with E-state index in [9.17, 15) is 9.18 Å². The number of likely N-dealkylation sites (tertiary alicyclic amines) is 1. The van der Waals surface area contributed by atoms with Crippen molar-refractivity contribution in [1.29, 1.82) is 0 Å². The van der Waals surface area contributed by atoms with Gasteiger partial charge in [0.25, 0.3) is 5.91 Å². The fraction of sp³-hybridized carbons (Fsp3) is 0.533. The molecule has 0 aromatic heterocycles. The zero-order chi connectivity index (χ0) is 15.2. The molecule has 2 N–H and O–H groups in total. The number of piperidine rings is 1. The third kappa shape index (κ3) is 5.09. The summed E-state index contributed by atoms with van der Waals surface area (Å²) < 4.78 is 18.7. The summed E-state index contributed by atoms with van der Waals surface area (Å²) in [6.45, 7) is 2.54. The van der Waals surface area contributed by atoms with Crippen molar-refractivity contribution < 1.29 is 13.9 Å². The van der Waals surface area contributed by atoms with Crippen LogP contribution in [0.5, 0.6) is 0 Å². The molecule has 22 heavy (non-hydrogen) atoms. The largest absolute Gasteiger partial charge is 0.378 e. The summed E-state index contributed by atoms with van der Waals surface area (Å²) in [5.74, 6) is -0.594. The van der Waals surface area contributed by atoms with Gasteiger partial charge in [-0.2, -0.15) is 0 Å². The number of hydrogen-bond acceptors (Lipinski definition) is 3. The monoisotopic (exact) mass is 350 g/mol. The summed E-state index contributed by atoms with van der Waals surface area (Å²) in [6, 6.07) is 3.85. The van der Waals surface area contributed by atoms with Gasteiger partial charge in [0.1, 0.15) is 5.82 Å². The highest BCUT2D eigenvalue weighted by Gasteiger charge is 2.25. The van der Waals surface area contributed by atoms with Gasteiger partial charge in [-0.15, -0.1) is 12.4 Å². The first-order valence-electron chi connectivity index (χ1n) is 7.18. The van der Waals surface area contributed by atoms with Gasteiger partial charge in [-0.25, -0.2) is 4.39 Å². The molecule has 124 valence electrons. The van der Waals surface area contributed by atoms with Crippen LogP contribution in [0.4, 0.5) is 4.39 Å². The van der Waals surface area contributed by atoms with Crippen molar-refractivity contribution in [3.05, 3.63) is 34.6 Å². The molecule has 1 saturated heterocycles. The third-order valence-electron chi connectivity index (χ3n) is 3.59. The number of halogens is 3. The van der Waals surface area contributed by atoms with Crippen LogP contribution in [-0.2, 0) is 4.74 Å². The second-order valence-electron chi connectivity index (χ2n) is 5.13. The highest BCUT2D eigenvalue weighted by Crippen LogP contribution is 2.22. The molecule has 0 unspecified atom stereocenters. The summed E-state index contributed by atoms with van der Waals surface area (Å²) in [5.41, 5.74) is 5.77. The number of ether oxygens (including phenoxy) is 1. The molecule has 0 saturated carbocycles.